The molecule has 1 atom stereocenters. The van der Waals surface area contributed by atoms with Gasteiger partial charge in [0, 0.05) is 35.9 Å². The molecule has 4 rings (SSSR count). The molecule has 11 heteroatoms. The molecule has 0 radical (unpaired) electrons. The Morgan fingerprint density at radius 1 is 1.19 bits per heavy atom. The van der Waals surface area contributed by atoms with E-state index in [0.29, 0.717) is 31.5 Å². The first-order valence-corrected chi connectivity index (χ1v) is 11.4. The summed E-state index contributed by atoms with van der Waals surface area (Å²) in [6.07, 6.45) is 3.64. The third-order valence-electron chi connectivity index (χ3n) is 5.01. The summed E-state index contributed by atoms with van der Waals surface area (Å²) in [5.74, 6) is -0.351. The van der Waals surface area contributed by atoms with Crippen LogP contribution in [0.1, 0.15) is 28.0 Å². The molecule has 3 heterocycles. The van der Waals surface area contributed by atoms with E-state index in [1.807, 2.05) is 32.3 Å². The summed E-state index contributed by atoms with van der Waals surface area (Å²) >= 11 is 19.5. The fourth-order valence-electron chi connectivity index (χ4n) is 3.18. The molecule has 0 spiro atoms. The number of benzene rings is 1. The monoisotopic (exact) mass is 506 g/mol. The first-order valence-electron chi connectivity index (χ1n) is 9.45. The topological polar surface area (TPSA) is 85.6 Å². The lowest BCUT2D eigenvalue weighted by Gasteiger charge is -2.28. The van der Waals surface area contributed by atoms with Crippen LogP contribution in [0.5, 0.6) is 0 Å². The number of aromatic nitrogens is 5. The molecule has 7 nitrogen and oxygen atoms in total. The Balaban J connectivity index is 1.58. The molecule has 0 aliphatic heterocycles. The molecule has 0 aliphatic rings. The lowest BCUT2D eigenvalue weighted by molar-refractivity contribution is 0.0946. The van der Waals surface area contributed by atoms with Crippen molar-refractivity contribution in [3.63, 3.8) is 0 Å². The van der Waals surface area contributed by atoms with Crippen molar-refractivity contribution < 1.29 is 4.79 Å². The van der Waals surface area contributed by atoms with Crippen molar-refractivity contribution in [3.8, 4) is 10.6 Å². The van der Waals surface area contributed by atoms with E-state index >= 15 is 0 Å². The van der Waals surface area contributed by atoms with Crippen molar-refractivity contribution in [2.24, 2.45) is 7.05 Å². The molecule has 0 saturated heterocycles. The summed E-state index contributed by atoms with van der Waals surface area (Å²) in [7, 11) is 1.83. The van der Waals surface area contributed by atoms with Crippen molar-refractivity contribution in [1.82, 2.24) is 30.3 Å². The van der Waals surface area contributed by atoms with E-state index in [-0.39, 0.29) is 17.5 Å². The highest BCUT2D eigenvalue weighted by atomic mass is 35.5. The lowest BCUT2D eigenvalue weighted by atomic mass is 9.80. The average molecular weight is 508 g/mol. The molecule has 0 fully saturated rings. The van der Waals surface area contributed by atoms with Gasteiger partial charge in [0.05, 0.1) is 22.3 Å². The van der Waals surface area contributed by atoms with Crippen LogP contribution >= 0.6 is 46.1 Å². The van der Waals surface area contributed by atoms with Crippen molar-refractivity contribution in [1.29, 1.82) is 0 Å². The van der Waals surface area contributed by atoms with Gasteiger partial charge in [0.1, 0.15) is 10.2 Å². The lowest BCUT2D eigenvalue weighted by Crippen LogP contribution is -2.40. The summed E-state index contributed by atoms with van der Waals surface area (Å²) in [5, 5.41) is 17.4. The number of nitrogens with zero attached hydrogens (tertiary/aromatic N) is 5. The molecule has 0 saturated carbocycles. The van der Waals surface area contributed by atoms with Gasteiger partial charge >= 0.3 is 0 Å². The molecule has 1 aromatic carbocycles. The second kappa shape index (κ2) is 9.15. The van der Waals surface area contributed by atoms with Crippen LogP contribution < -0.4 is 5.32 Å². The Morgan fingerprint density at radius 3 is 2.69 bits per heavy atom. The smallest absolute Gasteiger partial charge is 0.282 e. The van der Waals surface area contributed by atoms with Crippen molar-refractivity contribution in [3.05, 3.63) is 80.3 Å². The van der Waals surface area contributed by atoms with Crippen LogP contribution in [-0.2, 0) is 12.5 Å². The highest BCUT2D eigenvalue weighted by molar-refractivity contribution is 7.16. The van der Waals surface area contributed by atoms with Gasteiger partial charge < -0.3 is 5.32 Å². The number of aryl methyl sites for hydroxylation is 1. The molecule has 0 bridgehead atoms. The van der Waals surface area contributed by atoms with E-state index in [2.05, 4.69) is 25.6 Å². The number of rotatable bonds is 6. The second-order valence-corrected chi connectivity index (χ2v) is 9.51. The van der Waals surface area contributed by atoms with Gasteiger partial charge in [0.15, 0.2) is 0 Å². The minimum atomic E-state index is -0.665. The van der Waals surface area contributed by atoms with E-state index in [9.17, 15) is 4.79 Å². The van der Waals surface area contributed by atoms with Crippen molar-refractivity contribution in [2.75, 3.05) is 6.54 Å². The minimum absolute atomic E-state index is 0.221. The molecular formula is C21H17Cl3N6OS. The first kappa shape index (κ1) is 22.7. The number of pyridine rings is 1. The van der Waals surface area contributed by atoms with Crippen LogP contribution in [0.15, 0.2) is 48.8 Å². The molecule has 1 N–H and O–H groups in total. The molecule has 1 unspecified atom stereocenters. The summed E-state index contributed by atoms with van der Waals surface area (Å²) in [5.41, 5.74) is 1.60. The zero-order valence-electron chi connectivity index (χ0n) is 17.0. The zero-order chi connectivity index (χ0) is 22.9. The molecule has 1 amide bonds. The third-order valence-corrected chi connectivity index (χ3v) is 6.72. The SMILES string of the molecule is Cn1cc(C(C)(CNC(=O)c2nnc(-c3ccc(Cl)cc3Cl)s2)c2cccc(Cl)n2)cn1. The van der Waals surface area contributed by atoms with Crippen LogP contribution in [-0.4, -0.2) is 37.4 Å². The molecular weight excluding hydrogens is 491 g/mol. The fourth-order valence-corrected chi connectivity index (χ4v) is 4.70. The van der Waals surface area contributed by atoms with Crippen molar-refractivity contribution >= 4 is 52.0 Å². The Morgan fingerprint density at radius 2 is 2.00 bits per heavy atom. The normalized spacial score (nSPS) is 13.0. The summed E-state index contributed by atoms with van der Waals surface area (Å²) < 4.78 is 1.70. The van der Waals surface area contributed by atoms with Crippen LogP contribution in [0.25, 0.3) is 10.6 Å². The van der Waals surface area contributed by atoms with E-state index in [0.717, 1.165) is 16.9 Å². The van der Waals surface area contributed by atoms with Crippen LogP contribution in [0, 0.1) is 0 Å². The molecule has 32 heavy (non-hydrogen) atoms. The number of hydrogen-bond acceptors (Lipinski definition) is 6. The maximum Gasteiger partial charge on any atom is 0.282 e. The summed E-state index contributed by atoms with van der Waals surface area (Å²) in [4.78, 5) is 17.4. The molecule has 0 aliphatic carbocycles. The van der Waals surface area contributed by atoms with Gasteiger partial charge in [0.2, 0.25) is 5.01 Å². The highest BCUT2D eigenvalue weighted by Crippen LogP contribution is 2.33. The van der Waals surface area contributed by atoms with E-state index in [1.165, 1.54) is 0 Å². The Bertz CT molecular complexity index is 1290. The second-order valence-electron chi connectivity index (χ2n) is 7.30. The fraction of sp³-hybridized carbons (Fsp3) is 0.190. The van der Waals surface area contributed by atoms with Gasteiger partial charge in [-0.05, 0) is 37.3 Å². The minimum Gasteiger partial charge on any atom is -0.349 e. The number of hydrogen-bond donors (Lipinski definition) is 1. The van der Waals surface area contributed by atoms with E-state index in [4.69, 9.17) is 34.8 Å². The van der Waals surface area contributed by atoms with Gasteiger partial charge in [-0.25, -0.2) is 4.98 Å². The van der Waals surface area contributed by atoms with Crippen LogP contribution in [0.2, 0.25) is 15.2 Å². The number of nitrogens with one attached hydrogen (secondary N) is 1. The van der Waals surface area contributed by atoms with E-state index in [1.54, 1.807) is 35.1 Å². The maximum absolute atomic E-state index is 12.9. The molecule has 3 aromatic heterocycles. The maximum atomic E-state index is 12.9. The molecule has 4 aromatic rings. The zero-order valence-corrected chi connectivity index (χ0v) is 20.1. The Hall–Kier alpha value is -2.52. The van der Waals surface area contributed by atoms with Crippen molar-refractivity contribution in [2.45, 2.75) is 12.3 Å². The van der Waals surface area contributed by atoms with Gasteiger partial charge in [-0.2, -0.15) is 5.10 Å². The highest BCUT2D eigenvalue weighted by Gasteiger charge is 2.33. The average Bonchev–Trinajstić information content (AvgIpc) is 3.41. The summed E-state index contributed by atoms with van der Waals surface area (Å²) in [6, 6.07) is 10.5. The number of amides is 1. The third kappa shape index (κ3) is 4.63. The quantitative estimate of drug-likeness (QED) is 0.370. The van der Waals surface area contributed by atoms with Gasteiger partial charge in [0.25, 0.3) is 5.91 Å². The Labute approximate surface area is 203 Å². The van der Waals surface area contributed by atoms with Gasteiger partial charge in [-0.1, -0.05) is 52.2 Å². The molecule has 164 valence electrons. The number of halogens is 3. The summed E-state index contributed by atoms with van der Waals surface area (Å²) in [6.45, 7) is 2.23. The van der Waals surface area contributed by atoms with Gasteiger partial charge in [-0.3, -0.25) is 9.48 Å². The van der Waals surface area contributed by atoms with E-state index < -0.39 is 5.41 Å². The number of carbonyl (C=O) groups is 1. The number of carbonyl (C=O) groups excluding carboxylic acids is 1. The predicted octanol–water partition coefficient (Wildman–Crippen LogP) is 5.03. The Kier molecular flexibility index (Phi) is 6.48. The van der Waals surface area contributed by atoms with Crippen LogP contribution in [0.4, 0.5) is 0 Å². The predicted molar refractivity (Wildman–Crippen MR) is 127 cm³/mol. The largest absolute Gasteiger partial charge is 0.349 e. The van der Waals surface area contributed by atoms with Gasteiger partial charge in [-0.15, -0.1) is 10.2 Å². The first-order chi connectivity index (χ1) is 15.3. The van der Waals surface area contributed by atoms with Crippen LogP contribution in [0.3, 0.4) is 0 Å². The standard InChI is InChI=1S/C21H17Cl3N6OS/c1-21(12-9-26-30(2)10-12,16-4-3-5-17(24)27-16)11-25-18(31)20-29-28-19(32-20)14-7-6-13(22)8-15(14)23/h3-10H,11H2,1-2H3,(H,25,31).